The lowest BCUT2D eigenvalue weighted by Crippen LogP contribution is -2.27. The van der Waals surface area contributed by atoms with Gasteiger partial charge < -0.3 is 14.8 Å². The molecule has 1 fully saturated rings. The third-order valence-electron chi connectivity index (χ3n) is 2.54. The largest absolute Gasteiger partial charge is 0.481 e. The van der Waals surface area contributed by atoms with Gasteiger partial charge in [0.2, 0.25) is 5.88 Å². The molecule has 1 aliphatic rings. The van der Waals surface area contributed by atoms with Crippen molar-refractivity contribution in [1.82, 2.24) is 4.98 Å². The van der Waals surface area contributed by atoms with Gasteiger partial charge in [-0.2, -0.15) is 0 Å². The normalized spacial score (nSPS) is 17.4. The monoisotopic (exact) mass is 208 g/mol. The zero-order valence-electron chi connectivity index (χ0n) is 8.90. The summed E-state index contributed by atoms with van der Waals surface area (Å²) in [6.07, 6.45) is 3.92. The first-order valence-electron chi connectivity index (χ1n) is 5.23. The summed E-state index contributed by atoms with van der Waals surface area (Å²) in [4.78, 5) is 4.15. The maximum Gasteiger partial charge on any atom is 0.213 e. The molecule has 1 aromatic rings. The Morgan fingerprint density at radius 2 is 2.20 bits per heavy atom. The van der Waals surface area contributed by atoms with Crippen LogP contribution < -0.4 is 10.1 Å². The average Bonchev–Trinajstić information content (AvgIpc) is 2.31. The first kappa shape index (κ1) is 10.2. The summed E-state index contributed by atoms with van der Waals surface area (Å²) in [7, 11) is 1.62. The number of anilines is 1. The van der Waals surface area contributed by atoms with E-state index in [1.54, 1.807) is 13.3 Å². The Hall–Kier alpha value is -1.29. The molecule has 0 unspecified atom stereocenters. The van der Waals surface area contributed by atoms with Crippen LogP contribution in [0.1, 0.15) is 12.8 Å². The highest BCUT2D eigenvalue weighted by Gasteiger charge is 2.13. The second kappa shape index (κ2) is 4.98. The van der Waals surface area contributed by atoms with E-state index in [0.29, 0.717) is 11.9 Å². The molecule has 0 aromatic carbocycles. The van der Waals surface area contributed by atoms with E-state index in [2.05, 4.69) is 10.3 Å². The molecule has 0 amide bonds. The van der Waals surface area contributed by atoms with E-state index in [0.717, 1.165) is 31.7 Å². The van der Waals surface area contributed by atoms with Crippen molar-refractivity contribution in [3.63, 3.8) is 0 Å². The fourth-order valence-electron chi connectivity index (χ4n) is 1.66. The molecule has 0 aliphatic carbocycles. The highest BCUT2D eigenvalue weighted by molar-refractivity contribution is 5.42. The van der Waals surface area contributed by atoms with Gasteiger partial charge in [-0.25, -0.2) is 4.98 Å². The Morgan fingerprint density at radius 1 is 1.40 bits per heavy atom. The van der Waals surface area contributed by atoms with Crippen LogP contribution >= 0.6 is 0 Å². The average molecular weight is 208 g/mol. The van der Waals surface area contributed by atoms with Crippen LogP contribution in [0.4, 0.5) is 5.69 Å². The molecular weight excluding hydrogens is 192 g/mol. The van der Waals surface area contributed by atoms with Gasteiger partial charge in [0.05, 0.1) is 19.0 Å². The lowest BCUT2D eigenvalue weighted by Gasteiger charge is -2.23. The zero-order valence-corrected chi connectivity index (χ0v) is 8.90. The van der Waals surface area contributed by atoms with Crippen LogP contribution in [-0.4, -0.2) is 31.3 Å². The van der Waals surface area contributed by atoms with Gasteiger partial charge in [-0.3, -0.25) is 0 Å². The lowest BCUT2D eigenvalue weighted by atomic mass is 10.1. The van der Waals surface area contributed by atoms with E-state index in [4.69, 9.17) is 9.47 Å². The van der Waals surface area contributed by atoms with Crippen molar-refractivity contribution >= 4 is 5.69 Å². The summed E-state index contributed by atoms with van der Waals surface area (Å²) in [5.74, 6) is 0.646. The van der Waals surface area contributed by atoms with Gasteiger partial charge in [0, 0.05) is 25.3 Å². The lowest BCUT2D eigenvalue weighted by molar-refractivity contribution is 0.0904. The van der Waals surface area contributed by atoms with E-state index in [-0.39, 0.29) is 0 Å². The highest BCUT2D eigenvalue weighted by Crippen LogP contribution is 2.16. The Labute approximate surface area is 89.6 Å². The molecule has 4 heteroatoms. The minimum atomic E-state index is 0.508. The molecule has 1 aromatic heterocycles. The van der Waals surface area contributed by atoms with Gasteiger partial charge in [-0.05, 0) is 18.9 Å². The molecule has 1 aliphatic heterocycles. The number of rotatable bonds is 3. The second-order valence-electron chi connectivity index (χ2n) is 3.62. The van der Waals surface area contributed by atoms with Crippen molar-refractivity contribution in [2.45, 2.75) is 18.9 Å². The molecule has 2 rings (SSSR count). The number of hydrogen-bond acceptors (Lipinski definition) is 4. The number of aromatic nitrogens is 1. The molecule has 15 heavy (non-hydrogen) atoms. The topological polar surface area (TPSA) is 43.4 Å². The molecule has 0 bridgehead atoms. The van der Waals surface area contributed by atoms with Crippen molar-refractivity contribution < 1.29 is 9.47 Å². The van der Waals surface area contributed by atoms with E-state index < -0.39 is 0 Å². The van der Waals surface area contributed by atoms with Crippen molar-refractivity contribution in [2.24, 2.45) is 0 Å². The van der Waals surface area contributed by atoms with Gasteiger partial charge in [-0.1, -0.05) is 0 Å². The third kappa shape index (κ3) is 2.83. The Kier molecular flexibility index (Phi) is 3.40. The quantitative estimate of drug-likeness (QED) is 0.820. The van der Waals surface area contributed by atoms with Crippen molar-refractivity contribution in [1.29, 1.82) is 0 Å². The van der Waals surface area contributed by atoms with E-state index in [1.165, 1.54) is 0 Å². The summed E-state index contributed by atoms with van der Waals surface area (Å²) >= 11 is 0. The van der Waals surface area contributed by atoms with Crippen LogP contribution in [0.5, 0.6) is 5.88 Å². The molecule has 82 valence electrons. The Morgan fingerprint density at radius 3 is 2.80 bits per heavy atom. The van der Waals surface area contributed by atoms with Crippen LogP contribution in [0.15, 0.2) is 18.3 Å². The molecule has 0 radical (unpaired) electrons. The van der Waals surface area contributed by atoms with Crippen LogP contribution in [0, 0.1) is 0 Å². The Bertz CT molecular complexity index is 294. The van der Waals surface area contributed by atoms with Crippen LogP contribution in [0.2, 0.25) is 0 Å². The van der Waals surface area contributed by atoms with Gasteiger partial charge >= 0.3 is 0 Å². The van der Waals surface area contributed by atoms with Crippen LogP contribution in [-0.2, 0) is 4.74 Å². The Balaban J connectivity index is 1.91. The highest BCUT2D eigenvalue weighted by atomic mass is 16.5. The first-order chi connectivity index (χ1) is 7.38. The van der Waals surface area contributed by atoms with E-state index >= 15 is 0 Å². The maximum absolute atomic E-state index is 5.30. The summed E-state index contributed by atoms with van der Waals surface area (Å²) in [5, 5.41) is 3.43. The van der Waals surface area contributed by atoms with Gasteiger partial charge in [0.15, 0.2) is 0 Å². The summed E-state index contributed by atoms with van der Waals surface area (Å²) in [6.45, 7) is 1.70. The smallest absolute Gasteiger partial charge is 0.213 e. The summed E-state index contributed by atoms with van der Waals surface area (Å²) in [5.41, 5.74) is 1.04. The van der Waals surface area contributed by atoms with Gasteiger partial charge in [-0.15, -0.1) is 0 Å². The predicted octanol–water partition coefficient (Wildman–Crippen LogP) is 1.68. The standard InChI is InChI=1S/C11H16N2O2/c1-14-11-3-2-10(8-12-11)13-9-4-6-15-7-5-9/h2-3,8-9,13H,4-7H2,1H3. The maximum atomic E-state index is 5.30. The fraction of sp³-hybridized carbons (Fsp3) is 0.545. The number of ether oxygens (including phenoxy) is 2. The number of nitrogens with one attached hydrogen (secondary N) is 1. The number of hydrogen-bond donors (Lipinski definition) is 1. The van der Waals surface area contributed by atoms with Crippen molar-refractivity contribution in [3.05, 3.63) is 18.3 Å². The molecular formula is C11H16N2O2. The minimum Gasteiger partial charge on any atom is -0.481 e. The molecule has 0 saturated carbocycles. The molecule has 1 N–H and O–H groups in total. The van der Waals surface area contributed by atoms with E-state index in [1.807, 2.05) is 12.1 Å². The number of methoxy groups -OCH3 is 1. The number of pyridine rings is 1. The van der Waals surface area contributed by atoms with Crippen LogP contribution in [0.25, 0.3) is 0 Å². The fourth-order valence-corrected chi connectivity index (χ4v) is 1.66. The second-order valence-corrected chi connectivity index (χ2v) is 3.62. The van der Waals surface area contributed by atoms with Crippen molar-refractivity contribution in [3.8, 4) is 5.88 Å². The van der Waals surface area contributed by atoms with Gasteiger partial charge in [0.25, 0.3) is 0 Å². The predicted molar refractivity (Wildman–Crippen MR) is 58.3 cm³/mol. The molecule has 4 nitrogen and oxygen atoms in total. The zero-order chi connectivity index (χ0) is 10.5. The van der Waals surface area contributed by atoms with Crippen molar-refractivity contribution in [2.75, 3.05) is 25.6 Å². The SMILES string of the molecule is COc1ccc(NC2CCOCC2)cn1. The third-order valence-corrected chi connectivity index (χ3v) is 2.54. The summed E-state index contributed by atoms with van der Waals surface area (Å²) < 4.78 is 10.3. The van der Waals surface area contributed by atoms with Gasteiger partial charge in [0.1, 0.15) is 0 Å². The van der Waals surface area contributed by atoms with E-state index in [9.17, 15) is 0 Å². The molecule has 1 saturated heterocycles. The summed E-state index contributed by atoms with van der Waals surface area (Å²) in [6, 6.07) is 4.36. The number of nitrogens with zero attached hydrogens (tertiary/aromatic N) is 1. The molecule has 0 spiro atoms. The first-order valence-corrected chi connectivity index (χ1v) is 5.23. The molecule has 2 heterocycles. The van der Waals surface area contributed by atoms with Crippen LogP contribution in [0.3, 0.4) is 0 Å². The minimum absolute atomic E-state index is 0.508. The molecule has 0 atom stereocenters.